The van der Waals surface area contributed by atoms with Crippen LogP contribution in [-0.2, 0) is 6.61 Å². The molecule has 0 unspecified atom stereocenters. The Morgan fingerprint density at radius 1 is 1.13 bits per heavy atom. The number of hydrazone groups is 1. The minimum Gasteiger partial charge on any atom is -0.486 e. The Morgan fingerprint density at radius 2 is 1.82 bits per heavy atom. The predicted molar refractivity (Wildman–Crippen MR) is 147 cm³/mol. The molecule has 0 saturated heterocycles. The monoisotopic (exact) mass is 550 g/mol. The summed E-state index contributed by atoms with van der Waals surface area (Å²) in [5.74, 6) is 0.522. The van der Waals surface area contributed by atoms with Crippen LogP contribution in [0.4, 0.5) is 5.69 Å². The molecular formula is C28H27ClN4O6. The van der Waals surface area contributed by atoms with Crippen molar-refractivity contribution in [1.29, 1.82) is 0 Å². The Hall–Kier alpha value is -4.57. The van der Waals surface area contributed by atoms with Crippen molar-refractivity contribution in [2.75, 3.05) is 0 Å². The molecule has 0 fully saturated rings. The molecule has 0 aliphatic rings. The molecule has 39 heavy (non-hydrogen) atoms. The lowest BCUT2D eigenvalue weighted by molar-refractivity contribution is -0.386. The van der Waals surface area contributed by atoms with Crippen molar-refractivity contribution in [3.05, 3.63) is 104 Å². The molecule has 0 radical (unpaired) electrons. The Kier molecular flexibility index (Phi) is 8.36. The average molecular weight is 551 g/mol. The van der Waals surface area contributed by atoms with Crippen LogP contribution in [0.3, 0.4) is 0 Å². The minimum absolute atomic E-state index is 0.0229. The molecular weight excluding hydrogens is 524 g/mol. The summed E-state index contributed by atoms with van der Waals surface area (Å²) in [6.07, 6.45) is 0.941. The van der Waals surface area contributed by atoms with Crippen molar-refractivity contribution in [3.8, 4) is 17.2 Å². The molecule has 1 amide bonds. The maximum Gasteiger partial charge on any atom is 0.313 e. The van der Waals surface area contributed by atoms with Crippen molar-refractivity contribution >= 4 is 29.4 Å². The number of amides is 1. The average Bonchev–Trinajstić information content (AvgIpc) is 3.50. The van der Waals surface area contributed by atoms with E-state index in [1.807, 2.05) is 24.3 Å². The van der Waals surface area contributed by atoms with Gasteiger partial charge in [0.05, 0.1) is 22.3 Å². The fourth-order valence-electron chi connectivity index (χ4n) is 3.88. The number of furan rings is 1. The number of ether oxygens (including phenoxy) is 2. The van der Waals surface area contributed by atoms with Crippen molar-refractivity contribution in [2.45, 2.75) is 40.4 Å². The molecule has 11 heteroatoms. The second kappa shape index (κ2) is 11.9. The third-order valence-corrected chi connectivity index (χ3v) is 5.89. The zero-order valence-electron chi connectivity index (χ0n) is 21.8. The Morgan fingerprint density at radius 3 is 2.46 bits per heavy atom. The van der Waals surface area contributed by atoms with E-state index >= 15 is 0 Å². The second-order valence-electron chi connectivity index (χ2n) is 8.97. The third kappa shape index (κ3) is 6.66. The highest BCUT2D eigenvalue weighted by Gasteiger charge is 2.21. The van der Waals surface area contributed by atoms with Crippen molar-refractivity contribution < 1.29 is 23.6 Å². The molecule has 0 atom stereocenters. The second-order valence-corrected chi connectivity index (χ2v) is 9.38. The van der Waals surface area contributed by atoms with Crippen LogP contribution in [-0.4, -0.2) is 27.7 Å². The summed E-state index contributed by atoms with van der Waals surface area (Å²) in [4.78, 5) is 23.3. The van der Waals surface area contributed by atoms with E-state index in [0.717, 1.165) is 17.1 Å². The number of benzene rings is 2. The van der Waals surface area contributed by atoms with E-state index in [9.17, 15) is 14.9 Å². The number of halogens is 1. The lowest BCUT2D eigenvalue weighted by atomic mass is 10.2. The smallest absolute Gasteiger partial charge is 0.313 e. The number of nitrogens with zero attached hydrogens (tertiary/aromatic N) is 3. The fraction of sp³-hybridized carbons (Fsp3) is 0.214. The number of carbonyl (C=O) groups excluding carboxylic acids is 1. The van der Waals surface area contributed by atoms with E-state index in [-0.39, 0.29) is 34.9 Å². The van der Waals surface area contributed by atoms with Gasteiger partial charge in [-0.25, -0.2) is 5.43 Å². The lowest BCUT2D eigenvalue weighted by Crippen LogP contribution is -2.16. The molecule has 202 valence electrons. The number of aromatic nitrogens is 1. The first-order chi connectivity index (χ1) is 18.6. The normalized spacial score (nSPS) is 11.2. The van der Waals surface area contributed by atoms with E-state index in [1.165, 1.54) is 24.4 Å². The number of nitro benzene ring substituents is 1. The van der Waals surface area contributed by atoms with Crippen LogP contribution in [0.2, 0.25) is 5.02 Å². The van der Waals surface area contributed by atoms with Crippen molar-refractivity contribution in [1.82, 2.24) is 9.99 Å². The zero-order chi connectivity index (χ0) is 28.1. The predicted octanol–water partition coefficient (Wildman–Crippen LogP) is 6.38. The summed E-state index contributed by atoms with van der Waals surface area (Å²) in [6, 6.07) is 17.7. The first kappa shape index (κ1) is 27.5. The highest BCUT2D eigenvalue weighted by atomic mass is 35.5. The number of carbonyl (C=O) groups is 1. The molecule has 2 aromatic carbocycles. The van der Waals surface area contributed by atoms with Gasteiger partial charge in [-0.1, -0.05) is 11.6 Å². The zero-order valence-corrected chi connectivity index (χ0v) is 22.6. The Balaban J connectivity index is 1.34. The molecule has 4 aromatic rings. The molecule has 0 saturated carbocycles. The molecule has 10 nitrogen and oxygen atoms in total. The maximum absolute atomic E-state index is 12.4. The van der Waals surface area contributed by atoms with Crippen molar-refractivity contribution in [2.24, 2.45) is 5.10 Å². The van der Waals surface area contributed by atoms with E-state index in [2.05, 4.69) is 41.1 Å². The van der Waals surface area contributed by atoms with Gasteiger partial charge in [-0.2, -0.15) is 5.10 Å². The van der Waals surface area contributed by atoms with Gasteiger partial charge < -0.3 is 18.5 Å². The topological polar surface area (TPSA) is 121 Å². The third-order valence-electron chi connectivity index (χ3n) is 5.61. The van der Waals surface area contributed by atoms with Gasteiger partial charge in [0.15, 0.2) is 5.76 Å². The highest BCUT2D eigenvalue weighted by Crippen LogP contribution is 2.36. The summed E-state index contributed by atoms with van der Waals surface area (Å²) in [5, 5.41) is 15.4. The Bertz CT molecular complexity index is 1500. The van der Waals surface area contributed by atoms with E-state index in [0.29, 0.717) is 17.1 Å². The molecule has 0 spiro atoms. The van der Waals surface area contributed by atoms with Crippen LogP contribution in [0.1, 0.15) is 47.1 Å². The van der Waals surface area contributed by atoms with Crippen LogP contribution >= 0.6 is 11.6 Å². The van der Waals surface area contributed by atoms with Gasteiger partial charge in [0.2, 0.25) is 5.75 Å². The highest BCUT2D eigenvalue weighted by molar-refractivity contribution is 6.32. The summed E-state index contributed by atoms with van der Waals surface area (Å²) in [6.45, 7) is 7.71. The van der Waals surface area contributed by atoms with Gasteiger partial charge in [-0.05, 0) is 82.3 Å². The number of nitrogens with one attached hydrogen (secondary N) is 1. The SMILES string of the molecule is Cc1ccc(C)n1-c1ccc(OCc2ccc(C(=O)N/N=C/c3cc(Cl)c(OC(C)C)c([N+](=O)[O-])c3)o2)cc1. The summed E-state index contributed by atoms with van der Waals surface area (Å²) in [5.41, 5.74) is 5.66. The van der Waals surface area contributed by atoms with Gasteiger partial charge in [0.25, 0.3) is 0 Å². The molecule has 2 heterocycles. The molecule has 0 bridgehead atoms. The quantitative estimate of drug-likeness (QED) is 0.139. The van der Waals surface area contributed by atoms with Gasteiger partial charge in [-0.3, -0.25) is 14.9 Å². The number of hydrogen-bond acceptors (Lipinski definition) is 7. The van der Waals surface area contributed by atoms with E-state index in [4.69, 9.17) is 25.5 Å². The minimum atomic E-state index is -0.598. The number of rotatable bonds is 10. The standard InChI is InChI=1S/C28H27ClN4O6/c1-17(2)38-27-24(29)13-20(14-25(27)33(35)36)15-30-31-28(34)26-12-11-23(39-26)16-37-22-9-7-21(8-10-22)32-18(3)5-6-19(32)4/h5-15,17H,16H2,1-4H3,(H,31,34)/b30-15+. The Labute approximate surface area is 229 Å². The van der Waals surface area contributed by atoms with Crippen LogP contribution in [0.25, 0.3) is 5.69 Å². The molecule has 4 rings (SSSR count). The van der Waals surface area contributed by atoms with Crippen LogP contribution in [0, 0.1) is 24.0 Å². The number of aryl methyl sites for hydroxylation is 2. The fourth-order valence-corrected chi connectivity index (χ4v) is 4.15. The first-order valence-corrected chi connectivity index (χ1v) is 12.4. The number of nitro groups is 1. The molecule has 0 aliphatic carbocycles. The molecule has 0 aliphatic heterocycles. The first-order valence-electron chi connectivity index (χ1n) is 12.1. The van der Waals surface area contributed by atoms with Gasteiger partial charge >= 0.3 is 11.6 Å². The largest absolute Gasteiger partial charge is 0.486 e. The van der Waals surface area contributed by atoms with Crippen molar-refractivity contribution in [3.63, 3.8) is 0 Å². The molecule has 1 N–H and O–H groups in total. The summed E-state index contributed by atoms with van der Waals surface area (Å²) in [7, 11) is 0. The summed E-state index contributed by atoms with van der Waals surface area (Å²) >= 11 is 6.17. The van der Waals surface area contributed by atoms with Gasteiger partial charge in [0.1, 0.15) is 18.1 Å². The van der Waals surface area contributed by atoms with Gasteiger partial charge in [-0.15, -0.1) is 0 Å². The van der Waals surface area contributed by atoms with Crippen LogP contribution in [0.5, 0.6) is 11.5 Å². The van der Waals surface area contributed by atoms with E-state index in [1.54, 1.807) is 19.9 Å². The van der Waals surface area contributed by atoms with Crippen LogP contribution < -0.4 is 14.9 Å². The summed E-state index contributed by atoms with van der Waals surface area (Å²) < 4.78 is 19.0. The number of hydrogen-bond donors (Lipinski definition) is 1. The van der Waals surface area contributed by atoms with Gasteiger partial charge in [0, 0.05) is 28.7 Å². The lowest BCUT2D eigenvalue weighted by Gasteiger charge is -2.12. The van der Waals surface area contributed by atoms with Crippen LogP contribution in [0.15, 0.2) is 70.2 Å². The maximum atomic E-state index is 12.4. The van der Waals surface area contributed by atoms with E-state index < -0.39 is 10.8 Å². The molecule has 2 aromatic heterocycles.